The molecule has 98 valence electrons. The van der Waals surface area contributed by atoms with Crippen LogP contribution in [0.3, 0.4) is 0 Å². The monoisotopic (exact) mass is 297 g/mol. The minimum atomic E-state index is -0.412. The molecule has 1 aromatic carbocycles. The Hall–Kier alpha value is -1.93. The number of fused-ring (bicyclic) bond motifs is 1. The molecular weight excluding hydrogens is 290 g/mol. The Morgan fingerprint density at radius 3 is 3.05 bits per heavy atom. The van der Waals surface area contributed by atoms with Crippen LogP contribution in [0.25, 0.3) is 0 Å². The summed E-state index contributed by atoms with van der Waals surface area (Å²) in [7, 11) is 0. The van der Waals surface area contributed by atoms with E-state index in [2.05, 4.69) is 15.3 Å². The third-order valence-corrected chi connectivity index (χ3v) is 3.40. The molecule has 0 fully saturated rings. The van der Waals surface area contributed by atoms with Crippen molar-refractivity contribution in [2.24, 2.45) is 5.10 Å². The largest absolute Gasteiger partial charge is 0.270 e. The van der Waals surface area contributed by atoms with Gasteiger partial charge in [0.05, 0.1) is 10.6 Å². The molecule has 9 heteroatoms. The van der Waals surface area contributed by atoms with Gasteiger partial charge in [-0.1, -0.05) is 23.9 Å². The van der Waals surface area contributed by atoms with Gasteiger partial charge in [-0.3, -0.25) is 10.1 Å². The number of nitrogens with zero attached hydrogens (tertiary/aromatic N) is 5. The minimum Gasteiger partial charge on any atom is -0.258 e. The lowest BCUT2D eigenvalue weighted by molar-refractivity contribution is -0.384. The molecule has 0 aliphatic carbocycles. The van der Waals surface area contributed by atoms with Crippen molar-refractivity contribution in [2.75, 3.05) is 5.75 Å². The fraction of sp³-hybridized carbons (Fsp3) is 0.100. The van der Waals surface area contributed by atoms with E-state index in [1.54, 1.807) is 10.7 Å². The number of hydrogen-bond acceptors (Lipinski definition) is 6. The highest BCUT2D eigenvalue weighted by Gasteiger charge is 2.17. The van der Waals surface area contributed by atoms with E-state index in [0.29, 0.717) is 5.75 Å². The highest BCUT2D eigenvalue weighted by molar-refractivity contribution is 7.99. The molecule has 1 aliphatic heterocycles. The molecule has 0 saturated heterocycles. The second-order valence-electron chi connectivity index (χ2n) is 3.60. The summed E-state index contributed by atoms with van der Waals surface area (Å²) in [5.74, 6) is 0.625. The van der Waals surface area contributed by atoms with Gasteiger partial charge in [0.2, 0.25) is 5.16 Å². The van der Waals surface area contributed by atoms with Gasteiger partial charge in [-0.15, -0.1) is 22.6 Å². The van der Waals surface area contributed by atoms with Gasteiger partial charge in [0.1, 0.15) is 6.33 Å². The number of nitro benzene ring substituents is 1. The van der Waals surface area contributed by atoms with Gasteiger partial charge in [0, 0.05) is 23.4 Å². The number of nitro groups is 1. The van der Waals surface area contributed by atoms with Crippen LogP contribution in [0.5, 0.6) is 0 Å². The van der Waals surface area contributed by atoms with Gasteiger partial charge in [-0.2, -0.15) is 9.78 Å². The number of hydrogen-bond donors (Lipinski definition) is 0. The highest BCUT2D eigenvalue weighted by atomic mass is 35.5. The average molecular weight is 298 g/mol. The van der Waals surface area contributed by atoms with Crippen LogP contribution >= 0.6 is 24.2 Å². The van der Waals surface area contributed by atoms with E-state index in [4.69, 9.17) is 0 Å². The quantitative estimate of drug-likeness (QED) is 0.625. The van der Waals surface area contributed by atoms with Gasteiger partial charge in [0.15, 0.2) is 0 Å². The van der Waals surface area contributed by atoms with Crippen LogP contribution in [-0.2, 0) is 0 Å². The van der Waals surface area contributed by atoms with Gasteiger partial charge in [-0.05, 0) is 0 Å². The lowest BCUT2D eigenvalue weighted by Crippen LogP contribution is -2.12. The second kappa shape index (κ2) is 5.37. The molecule has 1 aliphatic rings. The number of halogens is 1. The highest BCUT2D eigenvalue weighted by Crippen LogP contribution is 2.23. The van der Waals surface area contributed by atoms with Crippen molar-refractivity contribution in [3.63, 3.8) is 0 Å². The van der Waals surface area contributed by atoms with Crippen molar-refractivity contribution >= 4 is 35.6 Å². The van der Waals surface area contributed by atoms with Crippen molar-refractivity contribution in [3.05, 3.63) is 46.3 Å². The molecular formula is C10H8ClN5O2S. The first-order valence-corrected chi connectivity index (χ1v) is 6.08. The zero-order valence-corrected chi connectivity index (χ0v) is 11.1. The molecule has 1 aromatic heterocycles. The Morgan fingerprint density at radius 1 is 1.42 bits per heavy atom. The summed E-state index contributed by atoms with van der Waals surface area (Å²) in [5, 5.41) is 23.4. The molecule has 0 spiro atoms. The molecule has 0 bridgehead atoms. The van der Waals surface area contributed by atoms with Gasteiger partial charge in [-0.25, -0.2) is 0 Å². The molecule has 0 amide bonds. The molecule has 7 nitrogen and oxygen atoms in total. The number of thioether (sulfide) groups is 1. The maximum atomic E-state index is 10.7. The van der Waals surface area contributed by atoms with Crippen LogP contribution in [0.2, 0.25) is 0 Å². The van der Waals surface area contributed by atoms with E-state index in [-0.39, 0.29) is 18.1 Å². The first-order valence-electron chi connectivity index (χ1n) is 5.09. The molecule has 2 aromatic rings. The Labute approximate surface area is 118 Å². The van der Waals surface area contributed by atoms with Crippen molar-refractivity contribution in [1.29, 1.82) is 0 Å². The maximum absolute atomic E-state index is 10.7. The topological polar surface area (TPSA) is 86.2 Å². The van der Waals surface area contributed by atoms with Crippen LogP contribution in [0, 0.1) is 10.1 Å². The molecule has 0 atom stereocenters. The standard InChI is InChI=1S/C10H7N5O2S.ClH/c16-15(17)8-3-1-2-7(4-8)9-5-18-10-12-11-6-14(10)13-9;/h1-4,6H,5H2;1H. The maximum Gasteiger partial charge on any atom is 0.270 e. The molecule has 0 saturated carbocycles. The third-order valence-electron chi connectivity index (χ3n) is 2.46. The van der Waals surface area contributed by atoms with E-state index in [9.17, 15) is 10.1 Å². The van der Waals surface area contributed by atoms with Crippen molar-refractivity contribution < 1.29 is 4.92 Å². The number of aromatic nitrogens is 3. The predicted octanol–water partition coefficient (Wildman–Crippen LogP) is 1.97. The minimum absolute atomic E-state index is 0. The fourth-order valence-corrected chi connectivity index (χ4v) is 2.43. The van der Waals surface area contributed by atoms with E-state index in [1.165, 1.54) is 30.2 Å². The second-order valence-corrected chi connectivity index (χ2v) is 4.54. The summed E-state index contributed by atoms with van der Waals surface area (Å²) in [4.78, 5) is 10.3. The Kier molecular flexibility index (Phi) is 3.82. The average Bonchev–Trinajstić information content (AvgIpc) is 2.86. The first kappa shape index (κ1) is 13.5. The van der Waals surface area contributed by atoms with Crippen molar-refractivity contribution in [2.45, 2.75) is 5.16 Å². The summed E-state index contributed by atoms with van der Waals surface area (Å²) in [6, 6.07) is 6.45. The van der Waals surface area contributed by atoms with Crippen LogP contribution < -0.4 is 0 Å². The Bertz CT molecular complexity index is 657. The SMILES string of the molecule is Cl.O=[N+]([O-])c1cccc(C2=Nn3cnnc3SC2)c1. The Balaban J connectivity index is 0.00000133. The lowest BCUT2D eigenvalue weighted by atomic mass is 10.1. The summed E-state index contributed by atoms with van der Waals surface area (Å²) in [6.07, 6.45) is 1.51. The zero-order valence-electron chi connectivity index (χ0n) is 9.46. The van der Waals surface area contributed by atoms with Crippen molar-refractivity contribution in [3.8, 4) is 0 Å². The van der Waals surface area contributed by atoms with Crippen LogP contribution in [0.4, 0.5) is 5.69 Å². The predicted molar refractivity (Wildman–Crippen MR) is 73.0 cm³/mol. The number of rotatable bonds is 2. The molecule has 0 unspecified atom stereocenters. The normalized spacial score (nSPS) is 13.2. The smallest absolute Gasteiger partial charge is 0.258 e. The summed E-state index contributed by atoms with van der Waals surface area (Å²) in [6.45, 7) is 0. The summed E-state index contributed by atoms with van der Waals surface area (Å²) in [5.41, 5.74) is 1.59. The number of benzene rings is 1. The molecule has 19 heavy (non-hydrogen) atoms. The zero-order chi connectivity index (χ0) is 12.5. The van der Waals surface area contributed by atoms with Crippen LogP contribution in [0.15, 0.2) is 40.9 Å². The molecule has 0 radical (unpaired) electrons. The van der Waals surface area contributed by atoms with E-state index in [1.807, 2.05) is 6.07 Å². The molecule has 3 rings (SSSR count). The van der Waals surface area contributed by atoms with Crippen molar-refractivity contribution in [1.82, 2.24) is 14.9 Å². The fourth-order valence-electron chi connectivity index (χ4n) is 1.61. The summed E-state index contributed by atoms with van der Waals surface area (Å²) >= 11 is 1.50. The van der Waals surface area contributed by atoms with Crippen LogP contribution in [0.1, 0.15) is 5.56 Å². The van der Waals surface area contributed by atoms with E-state index in [0.717, 1.165) is 16.4 Å². The first-order chi connectivity index (χ1) is 8.74. The van der Waals surface area contributed by atoms with Crippen LogP contribution in [-0.4, -0.2) is 31.3 Å². The molecule has 0 N–H and O–H groups in total. The van der Waals surface area contributed by atoms with Gasteiger partial charge >= 0.3 is 0 Å². The van der Waals surface area contributed by atoms with E-state index < -0.39 is 4.92 Å². The molecule has 2 heterocycles. The van der Waals surface area contributed by atoms with Gasteiger partial charge in [0.25, 0.3) is 5.69 Å². The van der Waals surface area contributed by atoms with E-state index >= 15 is 0 Å². The summed E-state index contributed by atoms with van der Waals surface area (Å²) < 4.78 is 1.57. The lowest BCUT2D eigenvalue weighted by Gasteiger charge is -2.11. The Morgan fingerprint density at radius 2 is 2.26 bits per heavy atom. The number of non-ortho nitro benzene ring substituents is 1. The third kappa shape index (κ3) is 2.59. The van der Waals surface area contributed by atoms with Gasteiger partial charge < -0.3 is 0 Å².